The molecule has 0 aliphatic rings. The van der Waals surface area contributed by atoms with Crippen molar-refractivity contribution in [2.75, 3.05) is 0 Å². The van der Waals surface area contributed by atoms with Crippen LogP contribution in [0, 0.1) is 0 Å². The van der Waals surface area contributed by atoms with E-state index in [9.17, 15) is 26.4 Å². The summed E-state index contributed by atoms with van der Waals surface area (Å²) in [6.45, 7) is 3.41. The van der Waals surface area contributed by atoms with Crippen molar-refractivity contribution in [3.63, 3.8) is 0 Å². The lowest BCUT2D eigenvalue weighted by Crippen LogP contribution is -2.28. The number of rotatable bonds is 3. The maximum Gasteiger partial charge on any atom is 0.534 e. The summed E-state index contributed by atoms with van der Waals surface area (Å²) in [6, 6.07) is 4.12. The molecule has 1 aromatic carbocycles. The van der Waals surface area contributed by atoms with Gasteiger partial charge in [-0.25, -0.2) is 4.79 Å². The zero-order valence-corrected chi connectivity index (χ0v) is 12.8. The first-order valence-corrected chi connectivity index (χ1v) is 7.50. The summed E-state index contributed by atoms with van der Waals surface area (Å²) >= 11 is 3.16. The minimum absolute atomic E-state index is 0.205. The van der Waals surface area contributed by atoms with E-state index in [4.69, 9.17) is 0 Å². The molecule has 112 valence electrons. The van der Waals surface area contributed by atoms with E-state index in [-0.39, 0.29) is 11.5 Å². The molecular formula is C11H10BrF3O4S. The van der Waals surface area contributed by atoms with Gasteiger partial charge in [0.15, 0.2) is 0 Å². The van der Waals surface area contributed by atoms with Crippen LogP contribution in [-0.4, -0.2) is 19.9 Å². The van der Waals surface area contributed by atoms with Crippen LogP contribution in [0.2, 0.25) is 0 Å². The van der Waals surface area contributed by atoms with Gasteiger partial charge in [0.1, 0.15) is 0 Å². The highest BCUT2D eigenvalue weighted by molar-refractivity contribution is 9.10. The molecule has 0 aromatic heterocycles. The molecule has 0 heterocycles. The third kappa shape index (κ3) is 3.72. The van der Waals surface area contributed by atoms with Gasteiger partial charge in [0.05, 0.1) is 5.56 Å². The van der Waals surface area contributed by atoms with E-state index < -0.39 is 21.6 Å². The maximum absolute atomic E-state index is 12.2. The number of alkyl halides is 3. The lowest BCUT2D eigenvalue weighted by atomic mass is 9.97. The van der Waals surface area contributed by atoms with Crippen LogP contribution in [0.15, 0.2) is 22.7 Å². The quantitative estimate of drug-likeness (QED) is 0.599. The molecule has 4 nitrogen and oxygen atoms in total. The normalized spacial score (nSPS) is 12.6. The zero-order valence-electron chi connectivity index (χ0n) is 10.4. The van der Waals surface area contributed by atoms with E-state index in [1.807, 2.05) is 0 Å². The summed E-state index contributed by atoms with van der Waals surface area (Å²) in [5.74, 6) is -1.76. The third-order valence-corrected chi connectivity index (χ3v) is 3.76. The first-order chi connectivity index (χ1) is 8.95. The number of carbonyl (C=O) groups excluding carboxylic acids is 1. The molecular weight excluding hydrogens is 365 g/mol. The number of hydrogen-bond acceptors (Lipinski definition) is 4. The van der Waals surface area contributed by atoms with Gasteiger partial charge in [0.25, 0.3) is 0 Å². The van der Waals surface area contributed by atoms with E-state index >= 15 is 0 Å². The third-order valence-electron chi connectivity index (χ3n) is 2.32. The molecule has 0 N–H and O–H groups in total. The molecule has 0 radical (unpaired) electrons. The predicted molar refractivity (Wildman–Crippen MR) is 68.6 cm³/mol. The molecule has 0 saturated heterocycles. The first kappa shape index (κ1) is 17.0. The Morgan fingerprint density at radius 1 is 1.30 bits per heavy atom. The Balaban J connectivity index is 3.18. The number of hydrogen-bond donors (Lipinski definition) is 0. The summed E-state index contributed by atoms with van der Waals surface area (Å²) in [5.41, 5.74) is -5.49. The van der Waals surface area contributed by atoms with Crippen LogP contribution < -0.4 is 0 Å². The molecule has 0 bridgehead atoms. The Labute approximate surface area is 122 Å². The molecule has 0 spiro atoms. The van der Waals surface area contributed by atoms with Gasteiger partial charge in [-0.3, -0.25) is 0 Å². The van der Waals surface area contributed by atoms with Gasteiger partial charge >= 0.3 is 21.6 Å². The van der Waals surface area contributed by atoms with Crippen LogP contribution >= 0.6 is 15.9 Å². The Morgan fingerprint density at radius 3 is 2.30 bits per heavy atom. The van der Waals surface area contributed by atoms with Gasteiger partial charge in [-0.2, -0.15) is 21.6 Å². The van der Waals surface area contributed by atoms with Crippen molar-refractivity contribution in [1.29, 1.82) is 0 Å². The Kier molecular flexibility index (Phi) is 4.86. The van der Waals surface area contributed by atoms with Gasteiger partial charge < -0.3 is 4.18 Å². The molecule has 1 rings (SSSR count). The van der Waals surface area contributed by atoms with E-state index in [1.54, 1.807) is 13.8 Å². The molecule has 0 atom stereocenters. The zero-order chi connectivity index (χ0) is 15.7. The molecule has 0 aliphatic heterocycles. The Hall–Kier alpha value is -1.09. The summed E-state index contributed by atoms with van der Waals surface area (Å²) < 4.78 is 62.3. The van der Waals surface area contributed by atoms with E-state index in [1.165, 1.54) is 18.2 Å². The van der Waals surface area contributed by atoms with Gasteiger partial charge in [0, 0.05) is 4.47 Å². The second-order valence-electron chi connectivity index (χ2n) is 4.16. The average molecular weight is 375 g/mol. The highest BCUT2D eigenvalue weighted by Gasteiger charge is 2.49. The Morgan fingerprint density at radius 2 is 1.85 bits per heavy atom. The van der Waals surface area contributed by atoms with Gasteiger partial charge in [0.2, 0.25) is 0 Å². The largest absolute Gasteiger partial charge is 0.534 e. The summed E-state index contributed by atoms with van der Waals surface area (Å²) in [5, 5.41) is 0. The van der Waals surface area contributed by atoms with E-state index in [0.717, 1.165) is 0 Å². The average Bonchev–Trinajstić information content (AvgIpc) is 2.26. The lowest BCUT2D eigenvalue weighted by molar-refractivity contribution is -0.0525. The number of halogens is 4. The van der Waals surface area contributed by atoms with Crippen LogP contribution in [0.5, 0.6) is 0 Å². The fraction of sp³-hybridized carbons (Fsp3) is 0.364. The van der Waals surface area contributed by atoms with E-state index in [2.05, 4.69) is 20.1 Å². The topological polar surface area (TPSA) is 60.4 Å². The molecule has 20 heavy (non-hydrogen) atoms. The van der Waals surface area contributed by atoms with Crippen molar-refractivity contribution in [2.24, 2.45) is 0 Å². The number of benzene rings is 1. The molecule has 0 amide bonds. The minimum atomic E-state index is -5.96. The molecule has 0 aliphatic carbocycles. The van der Waals surface area contributed by atoms with Gasteiger partial charge in [-0.15, -0.1) is 0 Å². The summed E-state index contributed by atoms with van der Waals surface area (Å²) in [4.78, 5) is 11.6. The monoisotopic (exact) mass is 374 g/mol. The fourth-order valence-corrected chi connectivity index (χ4v) is 2.15. The minimum Gasteiger partial charge on any atom is -0.335 e. The predicted octanol–water partition coefficient (Wildman–Crippen LogP) is 3.58. The molecule has 0 unspecified atom stereocenters. The summed E-state index contributed by atoms with van der Waals surface area (Å²) in [7, 11) is -5.96. The van der Waals surface area contributed by atoms with Crippen molar-refractivity contribution in [3.8, 4) is 0 Å². The van der Waals surface area contributed by atoms with Gasteiger partial charge in [-0.05, 0) is 29.7 Å². The van der Waals surface area contributed by atoms with Crippen LogP contribution in [0.4, 0.5) is 13.2 Å². The van der Waals surface area contributed by atoms with Crippen molar-refractivity contribution in [1.82, 2.24) is 0 Å². The Bertz CT molecular complexity index is 623. The molecule has 1 aromatic rings. The van der Waals surface area contributed by atoms with Crippen molar-refractivity contribution in [2.45, 2.75) is 25.3 Å². The SMILES string of the molecule is CC(C)c1cc(Br)ccc1C(=O)OS(=O)(=O)C(F)(F)F. The standard InChI is InChI=1S/C11H10BrF3O4S/c1-6(2)9-5-7(12)3-4-8(9)10(16)19-20(17,18)11(13,14)15/h3-6H,1-2H3. The maximum atomic E-state index is 12.2. The lowest BCUT2D eigenvalue weighted by Gasteiger charge is -2.13. The number of carbonyl (C=O) groups is 1. The van der Waals surface area contributed by atoms with Crippen molar-refractivity contribution < 1.29 is 30.6 Å². The second-order valence-corrected chi connectivity index (χ2v) is 6.61. The second kappa shape index (κ2) is 5.72. The highest BCUT2D eigenvalue weighted by atomic mass is 79.9. The molecule has 0 saturated carbocycles. The molecule has 9 heteroatoms. The van der Waals surface area contributed by atoms with Crippen molar-refractivity contribution >= 4 is 32.0 Å². The van der Waals surface area contributed by atoms with Crippen LogP contribution in [0.1, 0.15) is 35.7 Å². The van der Waals surface area contributed by atoms with Gasteiger partial charge in [-0.1, -0.05) is 29.8 Å². The van der Waals surface area contributed by atoms with Crippen LogP contribution in [0.25, 0.3) is 0 Å². The van der Waals surface area contributed by atoms with Crippen LogP contribution in [-0.2, 0) is 14.3 Å². The van der Waals surface area contributed by atoms with Crippen LogP contribution in [0.3, 0.4) is 0 Å². The highest BCUT2D eigenvalue weighted by Crippen LogP contribution is 2.28. The summed E-state index contributed by atoms with van der Waals surface area (Å²) in [6.07, 6.45) is 0. The molecule has 0 fully saturated rings. The fourth-order valence-electron chi connectivity index (χ4n) is 1.39. The van der Waals surface area contributed by atoms with Crippen molar-refractivity contribution in [3.05, 3.63) is 33.8 Å². The van der Waals surface area contributed by atoms with E-state index in [0.29, 0.717) is 10.0 Å². The smallest absolute Gasteiger partial charge is 0.335 e. The first-order valence-electron chi connectivity index (χ1n) is 5.30.